The van der Waals surface area contributed by atoms with Gasteiger partial charge in [-0.25, -0.2) is 8.78 Å². The van der Waals surface area contributed by atoms with E-state index in [0.29, 0.717) is 11.3 Å². The molecule has 0 aromatic carbocycles. The van der Waals surface area contributed by atoms with Gasteiger partial charge in [-0.1, -0.05) is 0 Å². The highest BCUT2D eigenvalue weighted by Gasteiger charge is 2.13. The lowest BCUT2D eigenvalue weighted by Crippen LogP contribution is -2.15. The number of H-pyrrole nitrogens is 1. The van der Waals surface area contributed by atoms with Crippen molar-refractivity contribution < 1.29 is 8.78 Å². The molecule has 0 aliphatic carbocycles. The second-order valence-electron chi connectivity index (χ2n) is 2.64. The van der Waals surface area contributed by atoms with E-state index in [-0.39, 0.29) is 5.88 Å². The average Bonchev–Trinajstić information content (AvgIpc) is 2.03. The molecule has 0 amide bonds. The van der Waals surface area contributed by atoms with Gasteiger partial charge in [0.05, 0.1) is 5.56 Å². The van der Waals surface area contributed by atoms with Gasteiger partial charge in [-0.3, -0.25) is 4.79 Å². The Morgan fingerprint density at radius 2 is 2.23 bits per heavy atom. The SMILES string of the molecule is Cc1[nH]c(=O)c(C(F)F)cc1CCl. The predicted octanol–water partition coefficient (Wildman–Crippen LogP) is 2.36. The Balaban J connectivity index is 3.31. The molecule has 1 aromatic heterocycles. The monoisotopic (exact) mass is 207 g/mol. The largest absolute Gasteiger partial charge is 0.326 e. The number of alkyl halides is 3. The quantitative estimate of drug-likeness (QED) is 0.742. The van der Waals surface area contributed by atoms with Crippen LogP contribution in [0.4, 0.5) is 8.78 Å². The van der Waals surface area contributed by atoms with Gasteiger partial charge in [-0.05, 0) is 18.6 Å². The van der Waals surface area contributed by atoms with Crippen molar-refractivity contribution in [3.05, 3.63) is 33.2 Å². The smallest absolute Gasteiger partial charge is 0.269 e. The second kappa shape index (κ2) is 3.87. The molecule has 0 aliphatic rings. The first-order chi connectivity index (χ1) is 6.06. The molecule has 0 radical (unpaired) electrons. The van der Waals surface area contributed by atoms with Gasteiger partial charge in [0.2, 0.25) is 0 Å². The highest BCUT2D eigenvalue weighted by molar-refractivity contribution is 6.17. The Kier molecular flexibility index (Phi) is 3.03. The molecule has 0 fully saturated rings. The summed E-state index contributed by atoms with van der Waals surface area (Å²) in [4.78, 5) is 13.3. The van der Waals surface area contributed by atoms with Crippen molar-refractivity contribution in [2.75, 3.05) is 0 Å². The third-order valence-corrected chi connectivity index (χ3v) is 2.04. The van der Waals surface area contributed by atoms with E-state index in [9.17, 15) is 13.6 Å². The van der Waals surface area contributed by atoms with E-state index in [4.69, 9.17) is 11.6 Å². The Labute approximate surface area is 78.5 Å². The average molecular weight is 208 g/mol. The molecule has 1 heterocycles. The summed E-state index contributed by atoms with van der Waals surface area (Å²) in [7, 11) is 0. The van der Waals surface area contributed by atoms with Crippen LogP contribution in [0.1, 0.15) is 23.2 Å². The number of aromatic nitrogens is 1. The number of hydrogen-bond acceptors (Lipinski definition) is 1. The number of nitrogens with one attached hydrogen (secondary N) is 1. The zero-order chi connectivity index (χ0) is 10.0. The zero-order valence-corrected chi connectivity index (χ0v) is 7.66. The lowest BCUT2D eigenvalue weighted by Gasteiger charge is -2.04. The maximum absolute atomic E-state index is 12.2. The summed E-state index contributed by atoms with van der Waals surface area (Å²) in [6.07, 6.45) is -2.76. The highest BCUT2D eigenvalue weighted by atomic mass is 35.5. The maximum atomic E-state index is 12.2. The minimum atomic E-state index is -2.76. The van der Waals surface area contributed by atoms with Gasteiger partial charge in [0.25, 0.3) is 12.0 Å². The first kappa shape index (κ1) is 10.2. The summed E-state index contributed by atoms with van der Waals surface area (Å²) in [6.45, 7) is 1.62. The topological polar surface area (TPSA) is 32.9 Å². The number of aromatic amines is 1. The molecule has 0 saturated heterocycles. The summed E-state index contributed by atoms with van der Waals surface area (Å²) in [5.74, 6) is 0.113. The predicted molar refractivity (Wildman–Crippen MR) is 46.3 cm³/mol. The molecule has 1 N–H and O–H groups in total. The molecule has 1 aromatic rings. The van der Waals surface area contributed by atoms with Crippen LogP contribution in [0.5, 0.6) is 0 Å². The molecule has 13 heavy (non-hydrogen) atoms. The first-order valence-corrected chi connectivity index (χ1v) is 4.16. The minimum Gasteiger partial charge on any atom is -0.326 e. The molecule has 2 nitrogen and oxygen atoms in total. The third-order valence-electron chi connectivity index (χ3n) is 1.75. The van der Waals surface area contributed by atoms with Crippen LogP contribution in [0.15, 0.2) is 10.9 Å². The Hall–Kier alpha value is -0.900. The number of aryl methyl sites for hydroxylation is 1. The summed E-state index contributed by atoms with van der Waals surface area (Å²) < 4.78 is 24.4. The zero-order valence-electron chi connectivity index (χ0n) is 6.90. The lowest BCUT2D eigenvalue weighted by molar-refractivity contribution is 0.149. The lowest BCUT2D eigenvalue weighted by atomic mass is 10.1. The van der Waals surface area contributed by atoms with Crippen molar-refractivity contribution >= 4 is 11.6 Å². The van der Waals surface area contributed by atoms with Crippen LogP contribution in [0, 0.1) is 6.92 Å². The Morgan fingerprint density at radius 1 is 1.62 bits per heavy atom. The van der Waals surface area contributed by atoms with E-state index in [2.05, 4.69) is 4.98 Å². The fourth-order valence-corrected chi connectivity index (χ4v) is 1.26. The van der Waals surface area contributed by atoms with Crippen LogP contribution in [-0.4, -0.2) is 4.98 Å². The standard InChI is InChI=1S/C8H8ClF2NO/c1-4-5(3-9)2-6(7(10)11)8(13)12-4/h2,7H,3H2,1H3,(H,12,13). The molecule has 0 spiro atoms. The summed E-state index contributed by atoms with van der Waals surface area (Å²) in [5, 5.41) is 0. The van der Waals surface area contributed by atoms with Crippen LogP contribution < -0.4 is 5.56 Å². The fourth-order valence-electron chi connectivity index (χ4n) is 0.985. The van der Waals surface area contributed by atoms with Gasteiger partial charge in [-0.15, -0.1) is 11.6 Å². The fraction of sp³-hybridized carbons (Fsp3) is 0.375. The summed E-state index contributed by atoms with van der Waals surface area (Å²) in [5.41, 5.74) is -0.219. The van der Waals surface area contributed by atoms with E-state index in [0.717, 1.165) is 6.07 Å². The number of pyridine rings is 1. The number of halogens is 3. The molecule has 72 valence electrons. The summed E-state index contributed by atoms with van der Waals surface area (Å²) >= 11 is 5.49. The molecule has 0 bridgehead atoms. The van der Waals surface area contributed by atoms with Gasteiger partial charge >= 0.3 is 0 Å². The number of rotatable bonds is 2. The molecule has 0 unspecified atom stereocenters. The van der Waals surface area contributed by atoms with E-state index < -0.39 is 17.5 Å². The highest BCUT2D eigenvalue weighted by Crippen LogP contribution is 2.17. The molecular formula is C8H8ClF2NO. The molecule has 0 aliphatic heterocycles. The van der Waals surface area contributed by atoms with Crippen LogP contribution in [0.2, 0.25) is 0 Å². The van der Waals surface area contributed by atoms with Crippen molar-refractivity contribution in [1.29, 1.82) is 0 Å². The van der Waals surface area contributed by atoms with Crippen molar-refractivity contribution in [3.63, 3.8) is 0 Å². The van der Waals surface area contributed by atoms with E-state index in [1.54, 1.807) is 6.92 Å². The van der Waals surface area contributed by atoms with Crippen LogP contribution in [0.3, 0.4) is 0 Å². The van der Waals surface area contributed by atoms with Crippen molar-refractivity contribution in [3.8, 4) is 0 Å². The molecular weight excluding hydrogens is 200 g/mol. The van der Waals surface area contributed by atoms with Gasteiger partial charge in [0, 0.05) is 11.6 Å². The summed E-state index contributed by atoms with van der Waals surface area (Å²) in [6, 6.07) is 1.14. The van der Waals surface area contributed by atoms with Gasteiger partial charge in [-0.2, -0.15) is 0 Å². The second-order valence-corrected chi connectivity index (χ2v) is 2.91. The van der Waals surface area contributed by atoms with Crippen molar-refractivity contribution in [1.82, 2.24) is 4.98 Å². The molecule has 5 heteroatoms. The van der Waals surface area contributed by atoms with E-state index >= 15 is 0 Å². The van der Waals surface area contributed by atoms with E-state index in [1.165, 1.54) is 0 Å². The van der Waals surface area contributed by atoms with Crippen LogP contribution in [0.25, 0.3) is 0 Å². The van der Waals surface area contributed by atoms with E-state index in [1.807, 2.05) is 0 Å². The normalized spacial score (nSPS) is 10.8. The Bertz CT molecular complexity index is 362. The van der Waals surface area contributed by atoms with Gasteiger partial charge in [0.1, 0.15) is 0 Å². The molecule has 1 rings (SSSR count). The van der Waals surface area contributed by atoms with Crippen LogP contribution in [-0.2, 0) is 5.88 Å². The maximum Gasteiger partial charge on any atom is 0.269 e. The molecule has 0 saturated carbocycles. The van der Waals surface area contributed by atoms with Gasteiger partial charge < -0.3 is 4.98 Å². The third kappa shape index (κ3) is 2.06. The minimum absolute atomic E-state index is 0.113. The molecule has 0 atom stereocenters. The van der Waals surface area contributed by atoms with Crippen molar-refractivity contribution in [2.45, 2.75) is 19.2 Å². The van der Waals surface area contributed by atoms with Crippen molar-refractivity contribution in [2.24, 2.45) is 0 Å². The van der Waals surface area contributed by atoms with Gasteiger partial charge in [0.15, 0.2) is 0 Å². The Morgan fingerprint density at radius 3 is 2.69 bits per heavy atom. The number of hydrogen-bond donors (Lipinski definition) is 1. The van der Waals surface area contributed by atoms with Crippen LogP contribution >= 0.6 is 11.6 Å². The first-order valence-electron chi connectivity index (χ1n) is 3.63.